The number of hydrogen-bond donors (Lipinski definition) is 3. The van der Waals surface area contributed by atoms with Crippen LogP contribution in [0.3, 0.4) is 0 Å². The van der Waals surface area contributed by atoms with E-state index in [4.69, 9.17) is 16.9 Å². The van der Waals surface area contributed by atoms with Gasteiger partial charge in [0.15, 0.2) is 0 Å². The highest BCUT2D eigenvalue weighted by Gasteiger charge is 2.33. The molecular formula is C23H23ClN4O2. The average Bonchev–Trinajstić information content (AvgIpc) is 3.08. The Labute approximate surface area is 180 Å². The molecule has 2 aromatic rings. The molecule has 2 aliphatic rings. The number of rotatable bonds is 4. The van der Waals surface area contributed by atoms with Crippen molar-refractivity contribution in [3.63, 3.8) is 0 Å². The quantitative estimate of drug-likeness (QED) is 0.659. The first kappa shape index (κ1) is 20.3. The third-order valence-electron chi connectivity index (χ3n) is 5.77. The van der Waals surface area contributed by atoms with Crippen molar-refractivity contribution in [2.75, 3.05) is 19.7 Å². The summed E-state index contributed by atoms with van der Waals surface area (Å²) >= 11 is 6.32. The highest BCUT2D eigenvalue weighted by Crippen LogP contribution is 2.32. The highest BCUT2D eigenvalue weighted by molar-refractivity contribution is 6.32. The molecular weight excluding hydrogens is 400 g/mol. The standard InChI is InChI=1S/C23H23ClN4O2/c1-13-7-14(2)19(8-18(13)21-22(24)27-20(12-29)26-21)23(30)28-10-17(11-28)16-5-3-15(9-25)4-6-16/h3-8,17,20,26-27,29H,10-12H2,1-2H3. The van der Waals surface area contributed by atoms with Crippen molar-refractivity contribution in [2.24, 2.45) is 0 Å². The summed E-state index contributed by atoms with van der Waals surface area (Å²) in [5, 5.41) is 24.9. The molecule has 6 nitrogen and oxygen atoms in total. The van der Waals surface area contributed by atoms with E-state index in [-0.39, 0.29) is 24.6 Å². The number of nitrogens with one attached hydrogen (secondary N) is 2. The number of aliphatic hydroxyl groups is 1. The Bertz CT molecular complexity index is 1070. The first-order valence-corrected chi connectivity index (χ1v) is 10.2. The Morgan fingerprint density at radius 1 is 1.20 bits per heavy atom. The van der Waals surface area contributed by atoms with Crippen molar-refractivity contribution >= 4 is 23.2 Å². The summed E-state index contributed by atoms with van der Waals surface area (Å²) in [7, 11) is 0. The maximum absolute atomic E-state index is 13.2. The number of nitrogens with zero attached hydrogens (tertiary/aromatic N) is 2. The summed E-state index contributed by atoms with van der Waals surface area (Å²) in [5.41, 5.74) is 5.91. The van der Waals surface area contributed by atoms with Crippen LogP contribution in [0.5, 0.6) is 0 Å². The number of likely N-dealkylation sites (tertiary alicyclic amines) is 1. The van der Waals surface area contributed by atoms with Crippen LogP contribution in [0.2, 0.25) is 0 Å². The third kappa shape index (κ3) is 3.62. The van der Waals surface area contributed by atoms with Crippen LogP contribution < -0.4 is 10.6 Å². The molecule has 2 aromatic carbocycles. The fourth-order valence-electron chi connectivity index (χ4n) is 3.99. The van der Waals surface area contributed by atoms with Gasteiger partial charge in [0.25, 0.3) is 5.91 Å². The van der Waals surface area contributed by atoms with Gasteiger partial charge in [-0.25, -0.2) is 0 Å². The summed E-state index contributed by atoms with van der Waals surface area (Å²) in [6.45, 7) is 5.13. The van der Waals surface area contributed by atoms with Crippen LogP contribution in [-0.2, 0) is 0 Å². The van der Waals surface area contributed by atoms with E-state index < -0.39 is 0 Å². The molecule has 0 aromatic heterocycles. The van der Waals surface area contributed by atoms with Crippen molar-refractivity contribution in [1.82, 2.24) is 15.5 Å². The predicted octanol–water partition coefficient (Wildman–Crippen LogP) is 2.79. The lowest BCUT2D eigenvalue weighted by Crippen LogP contribution is -2.48. The minimum absolute atomic E-state index is 0.0000294. The molecule has 0 saturated carbocycles. The largest absolute Gasteiger partial charge is 0.392 e. The van der Waals surface area contributed by atoms with Crippen molar-refractivity contribution in [1.29, 1.82) is 5.26 Å². The van der Waals surface area contributed by atoms with Gasteiger partial charge in [-0.1, -0.05) is 29.8 Å². The number of amides is 1. The Kier molecular flexibility index (Phi) is 5.42. The molecule has 7 heteroatoms. The summed E-state index contributed by atoms with van der Waals surface area (Å²) in [4.78, 5) is 15.0. The van der Waals surface area contributed by atoms with Gasteiger partial charge in [0, 0.05) is 30.1 Å². The van der Waals surface area contributed by atoms with Gasteiger partial charge >= 0.3 is 0 Å². The molecule has 154 valence electrons. The van der Waals surface area contributed by atoms with Crippen molar-refractivity contribution < 1.29 is 9.90 Å². The van der Waals surface area contributed by atoms with Gasteiger partial charge in [0.1, 0.15) is 11.3 Å². The minimum Gasteiger partial charge on any atom is -0.392 e. The topological polar surface area (TPSA) is 88.4 Å². The van der Waals surface area contributed by atoms with Gasteiger partial charge in [-0.3, -0.25) is 4.79 Å². The molecule has 0 radical (unpaired) electrons. The molecule has 1 amide bonds. The molecule has 1 unspecified atom stereocenters. The number of benzene rings is 2. The Morgan fingerprint density at radius 3 is 2.50 bits per heavy atom. The van der Waals surface area contributed by atoms with E-state index in [0.717, 1.165) is 22.3 Å². The normalized spacial score (nSPS) is 18.5. The van der Waals surface area contributed by atoms with Crippen LogP contribution in [-0.4, -0.2) is 41.8 Å². The molecule has 0 aliphatic carbocycles. The average molecular weight is 423 g/mol. The fourth-order valence-corrected chi connectivity index (χ4v) is 4.28. The van der Waals surface area contributed by atoms with Gasteiger partial charge < -0.3 is 20.6 Å². The zero-order valence-corrected chi connectivity index (χ0v) is 17.6. The predicted molar refractivity (Wildman–Crippen MR) is 116 cm³/mol. The number of nitriles is 1. The van der Waals surface area contributed by atoms with E-state index in [9.17, 15) is 9.90 Å². The second-order valence-electron chi connectivity index (χ2n) is 7.84. The maximum Gasteiger partial charge on any atom is 0.254 e. The molecule has 0 spiro atoms. The van der Waals surface area contributed by atoms with Crippen LogP contribution in [0.4, 0.5) is 0 Å². The summed E-state index contributed by atoms with van der Waals surface area (Å²) < 4.78 is 0. The van der Waals surface area contributed by atoms with E-state index in [1.54, 1.807) is 0 Å². The Balaban J connectivity index is 1.52. The van der Waals surface area contributed by atoms with Gasteiger partial charge in [0.05, 0.1) is 23.9 Å². The molecule has 1 fully saturated rings. The molecule has 4 rings (SSSR count). The van der Waals surface area contributed by atoms with Crippen LogP contribution in [0.1, 0.15) is 44.1 Å². The van der Waals surface area contributed by atoms with E-state index in [2.05, 4.69) is 16.7 Å². The highest BCUT2D eigenvalue weighted by atomic mass is 35.5. The number of carbonyl (C=O) groups is 1. The van der Waals surface area contributed by atoms with Crippen LogP contribution in [0.15, 0.2) is 41.6 Å². The molecule has 0 bridgehead atoms. The van der Waals surface area contributed by atoms with Crippen LogP contribution in [0, 0.1) is 25.2 Å². The number of hydrogen-bond acceptors (Lipinski definition) is 5. The smallest absolute Gasteiger partial charge is 0.254 e. The molecule has 2 aliphatic heterocycles. The van der Waals surface area contributed by atoms with Crippen LogP contribution >= 0.6 is 11.6 Å². The monoisotopic (exact) mass is 422 g/mol. The number of carbonyl (C=O) groups excluding carboxylic acids is 1. The SMILES string of the molecule is Cc1cc(C)c(C2=C(Cl)NC(CO)N2)cc1C(=O)N1CC(c2ccc(C#N)cc2)C1. The lowest BCUT2D eigenvalue weighted by molar-refractivity contribution is 0.0601. The van der Waals surface area contributed by atoms with Crippen molar-refractivity contribution in [3.8, 4) is 6.07 Å². The number of aliphatic hydroxyl groups excluding tert-OH is 1. The number of aryl methyl sites for hydroxylation is 2. The molecule has 30 heavy (non-hydrogen) atoms. The van der Waals surface area contributed by atoms with Gasteiger partial charge in [0.2, 0.25) is 0 Å². The first-order chi connectivity index (χ1) is 14.4. The zero-order chi connectivity index (χ0) is 21.4. The second-order valence-corrected chi connectivity index (χ2v) is 8.21. The molecule has 1 atom stereocenters. The lowest BCUT2D eigenvalue weighted by Gasteiger charge is -2.40. The van der Waals surface area contributed by atoms with Gasteiger partial charge in [-0.15, -0.1) is 0 Å². The Hall–Kier alpha value is -3.01. The van der Waals surface area contributed by atoms with Gasteiger partial charge in [-0.2, -0.15) is 5.26 Å². The minimum atomic E-state index is -0.337. The third-order valence-corrected chi connectivity index (χ3v) is 6.07. The van der Waals surface area contributed by atoms with Crippen molar-refractivity contribution in [2.45, 2.75) is 25.9 Å². The van der Waals surface area contributed by atoms with E-state index in [1.807, 2.05) is 55.1 Å². The zero-order valence-electron chi connectivity index (χ0n) is 16.9. The molecule has 3 N–H and O–H groups in total. The van der Waals surface area contributed by atoms with E-state index in [1.165, 1.54) is 0 Å². The number of halogens is 1. The summed E-state index contributed by atoms with van der Waals surface area (Å²) in [6.07, 6.45) is -0.337. The lowest BCUT2D eigenvalue weighted by atomic mass is 9.89. The second kappa shape index (κ2) is 8.02. The fraction of sp³-hybridized carbons (Fsp3) is 0.304. The van der Waals surface area contributed by atoms with Gasteiger partial charge in [-0.05, 0) is 48.7 Å². The molecule has 1 saturated heterocycles. The van der Waals surface area contributed by atoms with Crippen LogP contribution in [0.25, 0.3) is 5.70 Å². The van der Waals surface area contributed by atoms with E-state index >= 15 is 0 Å². The summed E-state index contributed by atoms with van der Waals surface area (Å²) in [5.74, 6) is 0.287. The Morgan fingerprint density at radius 2 is 1.90 bits per heavy atom. The van der Waals surface area contributed by atoms with E-state index in [0.29, 0.717) is 35.1 Å². The van der Waals surface area contributed by atoms with Crippen molar-refractivity contribution in [3.05, 3.63) is 74.9 Å². The first-order valence-electron chi connectivity index (χ1n) is 9.86. The maximum atomic E-state index is 13.2. The summed E-state index contributed by atoms with van der Waals surface area (Å²) in [6, 6.07) is 13.6. The molecule has 2 heterocycles.